The minimum atomic E-state index is -3.27. The second-order valence-electron chi connectivity index (χ2n) is 3.93. The smallest absolute Gasteiger partial charge is 0.248 e. The van der Waals surface area contributed by atoms with Crippen LogP contribution >= 0.6 is 0 Å². The van der Waals surface area contributed by atoms with Gasteiger partial charge >= 0.3 is 0 Å². The molecule has 0 saturated heterocycles. The molecule has 2 rings (SSSR count). The summed E-state index contributed by atoms with van der Waals surface area (Å²) < 4.78 is 25.1. The van der Waals surface area contributed by atoms with Crippen LogP contribution in [0.5, 0.6) is 0 Å². The maximum atomic E-state index is 11.9. The molecule has 5 nitrogen and oxygen atoms in total. The quantitative estimate of drug-likeness (QED) is 0.852. The molecule has 0 radical (unpaired) electrons. The Balaban J connectivity index is 2.50. The van der Waals surface area contributed by atoms with E-state index in [-0.39, 0.29) is 5.75 Å². The van der Waals surface area contributed by atoms with Crippen LogP contribution in [0, 0.1) is 0 Å². The number of carbonyl (C=O) groups is 1. The first-order valence-corrected chi connectivity index (χ1v) is 7.00. The van der Waals surface area contributed by atoms with Crippen LogP contribution < -0.4 is 10.0 Å². The fraction of sp³-hybridized carbons (Fsp3) is 0.364. The minimum Gasteiger partial charge on any atom is -0.366 e. The van der Waals surface area contributed by atoms with Gasteiger partial charge in [-0.15, -0.1) is 0 Å². The Morgan fingerprint density at radius 1 is 1.47 bits per heavy atom. The number of benzene rings is 1. The molecule has 1 aliphatic heterocycles. The molecule has 0 bridgehead atoms. The highest BCUT2D eigenvalue weighted by Gasteiger charge is 2.28. The van der Waals surface area contributed by atoms with E-state index in [1.807, 2.05) is 0 Å². The molecule has 0 aromatic heterocycles. The largest absolute Gasteiger partial charge is 0.366 e. The number of amides is 1. The van der Waals surface area contributed by atoms with Crippen LogP contribution in [-0.4, -0.2) is 26.6 Å². The Kier molecular flexibility index (Phi) is 2.82. The van der Waals surface area contributed by atoms with Crippen molar-refractivity contribution < 1.29 is 13.2 Å². The van der Waals surface area contributed by atoms with Gasteiger partial charge in [0, 0.05) is 12.1 Å². The summed E-state index contributed by atoms with van der Waals surface area (Å²) in [6.07, 6.45) is 0.674. The van der Waals surface area contributed by atoms with Gasteiger partial charge in [-0.2, -0.15) is 0 Å². The lowest BCUT2D eigenvalue weighted by atomic mass is 10.1. The predicted octanol–water partition coefficient (Wildman–Crippen LogP) is 0.498. The molecule has 0 saturated carbocycles. The van der Waals surface area contributed by atoms with Gasteiger partial charge in [0.15, 0.2) is 0 Å². The number of fused-ring (bicyclic) bond motifs is 1. The highest BCUT2D eigenvalue weighted by atomic mass is 32.2. The van der Waals surface area contributed by atoms with E-state index in [9.17, 15) is 13.2 Å². The zero-order valence-electron chi connectivity index (χ0n) is 9.51. The number of anilines is 1. The first kappa shape index (κ1) is 11.9. The lowest BCUT2D eigenvalue weighted by Crippen LogP contribution is -2.30. The molecule has 0 fully saturated rings. The van der Waals surface area contributed by atoms with Gasteiger partial charge in [-0.05, 0) is 31.0 Å². The van der Waals surface area contributed by atoms with Crippen molar-refractivity contribution in [2.45, 2.75) is 13.3 Å². The normalized spacial score (nSPS) is 14.8. The molecule has 92 valence electrons. The highest BCUT2D eigenvalue weighted by Crippen LogP contribution is 2.31. The number of nitrogens with zero attached hydrogens (tertiary/aromatic N) is 1. The van der Waals surface area contributed by atoms with Gasteiger partial charge in [-0.1, -0.05) is 6.07 Å². The molecule has 17 heavy (non-hydrogen) atoms. The van der Waals surface area contributed by atoms with Crippen LogP contribution in [0.15, 0.2) is 18.2 Å². The van der Waals surface area contributed by atoms with E-state index in [4.69, 9.17) is 5.73 Å². The first-order chi connectivity index (χ1) is 7.95. The molecule has 0 unspecified atom stereocenters. The molecule has 1 aromatic carbocycles. The van der Waals surface area contributed by atoms with Gasteiger partial charge in [0.2, 0.25) is 15.9 Å². The van der Waals surface area contributed by atoms with E-state index >= 15 is 0 Å². The van der Waals surface area contributed by atoms with Crippen LogP contribution in [0.3, 0.4) is 0 Å². The summed E-state index contributed by atoms with van der Waals surface area (Å²) in [6, 6.07) is 4.95. The fourth-order valence-electron chi connectivity index (χ4n) is 1.95. The van der Waals surface area contributed by atoms with Gasteiger partial charge in [0.1, 0.15) is 0 Å². The van der Waals surface area contributed by atoms with Crippen LogP contribution in [0.2, 0.25) is 0 Å². The fourth-order valence-corrected chi connectivity index (χ4v) is 3.10. The van der Waals surface area contributed by atoms with E-state index in [1.165, 1.54) is 4.31 Å². The van der Waals surface area contributed by atoms with E-state index in [2.05, 4.69) is 0 Å². The Labute approximate surface area is 100 Å². The molecule has 0 aliphatic carbocycles. The Morgan fingerprint density at radius 3 is 2.76 bits per heavy atom. The van der Waals surface area contributed by atoms with Crippen molar-refractivity contribution in [2.75, 3.05) is 16.6 Å². The van der Waals surface area contributed by atoms with Crippen LogP contribution in [0.4, 0.5) is 5.69 Å². The molecule has 1 amide bonds. The topological polar surface area (TPSA) is 80.5 Å². The van der Waals surface area contributed by atoms with Crippen LogP contribution in [0.1, 0.15) is 22.8 Å². The third kappa shape index (κ3) is 2.00. The highest BCUT2D eigenvalue weighted by molar-refractivity contribution is 7.92. The van der Waals surface area contributed by atoms with Gasteiger partial charge in [0.25, 0.3) is 0 Å². The first-order valence-electron chi connectivity index (χ1n) is 5.39. The maximum Gasteiger partial charge on any atom is 0.248 e. The molecule has 2 N–H and O–H groups in total. The predicted molar refractivity (Wildman–Crippen MR) is 65.5 cm³/mol. The zero-order valence-corrected chi connectivity index (χ0v) is 10.3. The van der Waals surface area contributed by atoms with Crippen molar-refractivity contribution in [3.63, 3.8) is 0 Å². The maximum absolute atomic E-state index is 11.9. The van der Waals surface area contributed by atoms with E-state index < -0.39 is 15.9 Å². The van der Waals surface area contributed by atoms with Gasteiger partial charge in [0.05, 0.1) is 11.4 Å². The standard InChI is InChI=1S/C11H14N2O3S/c1-2-17(15,16)13-6-5-8-3-4-9(11(12)14)7-10(8)13/h3-4,7H,2,5-6H2,1H3,(H2,12,14). The summed E-state index contributed by atoms with van der Waals surface area (Å²) in [6.45, 7) is 2.04. The number of carbonyl (C=O) groups excluding carboxylic acids is 1. The number of hydrogen-bond donors (Lipinski definition) is 1. The second-order valence-corrected chi connectivity index (χ2v) is 6.11. The Morgan fingerprint density at radius 2 is 2.18 bits per heavy atom. The van der Waals surface area contributed by atoms with Crippen molar-refractivity contribution in [1.82, 2.24) is 0 Å². The van der Waals surface area contributed by atoms with Crippen LogP contribution in [-0.2, 0) is 16.4 Å². The van der Waals surface area contributed by atoms with Crippen molar-refractivity contribution in [2.24, 2.45) is 5.73 Å². The summed E-state index contributed by atoms with van der Waals surface area (Å²) >= 11 is 0. The summed E-state index contributed by atoms with van der Waals surface area (Å²) in [5.41, 5.74) is 7.05. The SMILES string of the molecule is CCS(=O)(=O)N1CCc2ccc(C(N)=O)cc21. The molecule has 1 heterocycles. The van der Waals surface area contributed by atoms with E-state index in [0.29, 0.717) is 24.2 Å². The Hall–Kier alpha value is -1.56. The molecular formula is C11H14N2O3S. The van der Waals surface area contributed by atoms with Crippen molar-refractivity contribution >= 4 is 21.6 Å². The lowest BCUT2D eigenvalue weighted by molar-refractivity contribution is 0.100. The van der Waals surface area contributed by atoms with E-state index in [1.54, 1.807) is 25.1 Å². The van der Waals surface area contributed by atoms with Gasteiger partial charge in [-0.25, -0.2) is 8.42 Å². The van der Waals surface area contributed by atoms with Gasteiger partial charge < -0.3 is 5.73 Å². The summed E-state index contributed by atoms with van der Waals surface area (Å²) in [5, 5.41) is 0. The van der Waals surface area contributed by atoms with Crippen molar-refractivity contribution in [3.8, 4) is 0 Å². The third-order valence-corrected chi connectivity index (χ3v) is 4.70. The lowest BCUT2D eigenvalue weighted by Gasteiger charge is -2.18. The van der Waals surface area contributed by atoms with Crippen molar-refractivity contribution in [1.29, 1.82) is 0 Å². The molecule has 1 aromatic rings. The monoisotopic (exact) mass is 254 g/mol. The molecule has 6 heteroatoms. The average molecular weight is 254 g/mol. The molecular weight excluding hydrogens is 240 g/mol. The summed E-state index contributed by atoms with van der Waals surface area (Å²) in [7, 11) is -3.27. The summed E-state index contributed by atoms with van der Waals surface area (Å²) in [5.74, 6) is -0.499. The minimum absolute atomic E-state index is 0.0488. The number of primary amides is 1. The van der Waals surface area contributed by atoms with Gasteiger partial charge in [-0.3, -0.25) is 9.10 Å². The van der Waals surface area contributed by atoms with Crippen molar-refractivity contribution in [3.05, 3.63) is 29.3 Å². The number of hydrogen-bond acceptors (Lipinski definition) is 3. The number of nitrogens with two attached hydrogens (primary N) is 1. The average Bonchev–Trinajstić information content (AvgIpc) is 2.72. The molecule has 0 atom stereocenters. The third-order valence-electron chi connectivity index (χ3n) is 2.92. The number of rotatable bonds is 3. The van der Waals surface area contributed by atoms with E-state index in [0.717, 1.165) is 5.56 Å². The molecule has 1 aliphatic rings. The zero-order chi connectivity index (χ0) is 12.6. The van der Waals surface area contributed by atoms with Crippen LogP contribution in [0.25, 0.3) is 0 Å². The number of sulfonamides is 1. The molecule has 0 spiro atoms. The second kappa shape index (κ2) is 4.03. The Bertz CT molecular complexity index is 566. The summed E-state index contributed by atoms with van der Waals surface area (Å²) in [4.78, 5) is 11.1.